The zero-order valence-corrected chi connectivity index (χ0v) is 12.2. The lowest BCUT2D eigenvalue weighted by Crippen LogP contribution is -2.43. The number of epoxide rings is 1. The van der Waals surface area contributed by atoms with Crippen molar-refractivity contribution < 1.29 is 22.8 Å². The summed E-state index contributed by atoms with van der Waals surface area (Å²) >= 11 is 0. The normalized spacial score (nSPS) is 21.5. The summed E-state index contributed by atoms with van der Waals surface area (Å²) in [5.41, 5.74) is 0. The zero-order chi connectivity index (χ0) is 12.7. The third kappa shape index (κ3) is 6.49. The summed E-state index contributed by atoms with van der Waals surface area (Å²) < 4.78 is 26.8. The lowest BCUT2D eigenvalue weighted by molar-refractivity contribution is 0.0554. The van der Waals surface area contributed by atoms with Gasteiger partial charge in [-0.25, -0.2) is 0 Å². The van der Waals surface area contributed by atoms with Gasteiger partial charge in [0, 0.05) is 33.5 Å². The quantitative estimate of drug-likeness (QED) is 0.339. The van der Waals surface area contributed by atoms with Crippen LogP contribution in [0.1, 0.15) is 19.8 Å². The van der Waals surface area contributed by atoms with E-state index in [1.54, 1.807) is 14.2 Å². The fraction of sp³-hybridized carbons (Fsp3) is 1.00. The molecule has 1 aliphatic heterocycles. The van der Waals surface area contributed by atoms with E-state index in [-0.39, 0.29) is 6.10 Å². The van der Waals surface area contributed by atoms with Crippen LogP contribution in [0, 0.1) is 0 Å². The molecule has 0 aromatic rings. The maximum absolute atomic E-state index is 5.79. The molecule has 5 nitrogen and oxygen atoms in total. The maximum Gasteiger partial charge on any atom is 0.497 e. The van der Waals surface area contributed by atoms with Crippen LogP contribution in [0.15, 0.2) is 0 Å². The molecule has 0 bridgehead atoms. The van der Waals surface area contributed by atoms with Gasteiger partial charge in [0.25, 0.3) is 0 Å². The van der Waals surface area contributed by atoms with Crippen molar-refractivity contribution in [2.45, 2.75) is 38.5 Å². The molecule has 0 amide bonds. The second kappa shape index (κ2) is 7.45. The molecule has 0 aliphatic carbocycles. The van der Waals surface area contributed by atoms with Crippen LogP contribution in [0.4, 0.5) is 0 Å². The van der Waals surface area contributed by atoms with Gasteiger partial charge < -0.3 is 22.8 Å². The highest BCUT2D eigenvalue weighted by Gasteiger charge is 2.33. The number of ether oxygens (including phenoxy) is 2. The van der Waals surface area contributed by atoms with Gasteiger partial charge in [0.1, 0.15) is 6.10 Å². The molecule has 1 saturated heterocycles. The number of hydrogen-bond donors (Lipinski definition) is 0. The Morgan fingerprint density at radius 2 is 2.00 bits per heavy atom. The molecular weight excluding hydrogens is 240 g/mol. The Labute approximate surface area is 105 Å². The van der Waals surface area contributed by atoms with Crippen LogP contribution in [-0.2, 0) is 22.8 Å². The summed E-state index contributed by atoms with van der Waals surface area (Å²) in [5, 5.41) is 0. The molecule has 0 N–H and O–H groups in total. The minimum Gasteiger partial charge on any atom is -0.379 e. The molecule has 0 aromatic heterocycles. The Balaban J connectivity index is 2.00. The van der Waals surface area contributed by atoms with Gasteiger partial charge in [0.2, 0.25) is 0 Å². The molecular formula is C11H24O5Si. The predicted octanol–water partition coefficient (Wildman–Crippen LogP) is 1.45. The molecule has 2 unspecified atom stereocenters. The Hall–Kier alpha value is 0.0169. The van der Waals surface area contributed by atoms with Crippen LogP contribution >= 0.6 is 0 Å². The standard InChI is InChI=1S/C11H24O5Si/c1-10(16-17(4,12-2)13-3)6-5-7-14-8-11-9-15-11/h10-11H,5-9H2,1-4H3. The van der Waals surface area contributed by atoms with E-state index in [4.69, 9.17) is 22.8 Å². The molecule has 17 heavy (non-hydrogen) atoms. The number of rotatable bonds is 10. The molecule has 6 heteroatoms. The largest absolute Gasteiger partial charge is 0.497 e. The van der Waals surface area contributed by atoms with E-state index in [2.05, 4.69) is 0 Å². The van der Waals surface area contributed by atoms with Gasteiger partial charge in [0.15, 0.2) is 0 Å². The van der Waals surface area contributed by atoms with Crippen molar-refractivity contribution in [2.75, 3.05) is 34.0 Å². The summed E-state index contributed by atoms with van der Waals surface area (Å²) in [6.45, 7) is 6.26. The molecule has 102 valence electrons. The summed E-state index contributed by atoms with van der Waals surface area (Å²) in [6, 6.07) is 0. The van der Waals surface area contributed by atoms with Crippen LogP contribution in [0.25, 0.3) is 0 Å². The van der Waals surface area contributed by atoms with Crippen LogP contribution < -0.4 is 0 Å². The topological polar surface area (TPSA) is 49.5 Å². The summed E-state index contributed by atoms with van der Waals surface area (Å²) in [4.78, 5) is 0. The Morgan fingerprint density at radius 1 is 1.35 bits per heavy atom. The molecule has 0 spiro atoms. The minimum atomic E-state index is -2.40. The predicted molar refractivity (Wildman–Crippen MR) is 66.0 cm³/mol. The first-order valence-corrected chi connectivity index (χ1v) is 8.29. The SMILES string of the molecule is CO[Si](C)(OC)OC(C)CCCOCC1CO1. The lowest BCUT2D eigenvalue weighted by Gasteiger charge is -2.26. The van der Waals surface area contributed by atoms with Crippen molar-refractivity contribution in [1.82, 2.24) is 0 Å². The molecule has 1 aliphatic rings. The van der Waals surface area contributed by atoms with Crippen molar-refractivity contribution in [3.05, 3.63) is 0 Å². The van der Waals surface area contributed by atoms with E-state index in [9.17, 15) is 0 Å². The van der Waals surface area contributed by atoms with Crippen molar-refractivity contribution in [3.63, 3.8) is 0 Å². The average molecular weight is 264 g/mol. The van der Waals surface area contributed by atoms with E-state index in [0.29, 0.717) is 6.10 Å². The first kappa shape index (κ1) is 15.1. The summed E-state index contributed by atoms with van der Waals surface area (Å²) in [6.07, 6.45) is 2.40. The smallest absolute Gasteiger partial charge is 0.379 e. The van der Waals surface area contributed by atoms with E-state index >= 15 is 0 Å². The second-order valence-corrected chi connectivity index (χ2v) is 7.15. The lowest BCUT2D eigenvalue weighted by atomic mass is 10.2. The Kier molecular flexibility index (Phi) is 6.61. The van der Waals surface area contributed by atoms with Gasteiger partial charge in [-0.2, -0.15) is 0 Å². The van der Waals surface area contributed by atoms with Crippen molar-refractivity contribution >= 4 is 8.80 Å². The van der Waals surface area contributed by atoms with Gasteiger partial charge >= 0.3 is 8.80 Å². The molecule has 0 radical (unpaired) electrons. The van der Waals surface area contributed by atoms with Crippen molar-refractivity contribution in [1.29, 1.82) is 0 Å². The average Bonchev–Trinajstić information content (AvgIpc) is 3.12. The molecule has 0 saturated carbocycles. The van der Waals surface area contributed by atoms with E-state index in [1.165, 1.54) is 0 Å². The van der Waals surface area contributed by atoms with Gasteiger partial charge in [-0.1, -0.05) is 0 Å². The van der Waals surface area contributed by atoms with Crippen molar-refractivity contribution in [2.24, 2.45) is 0 Å². The van der Waals surface area contributed by atoms with Crippen LogP contribution in [-0.4, -0.2) is 55.1 Å². The zero-order valence-electron chi connectivity index (χ0n) is 11.2. The maximum atomic E-state index is 5.79. The monoisotopic (exact) mass is 264 g/mol. The minimum absolute atomic E-state index is 0.132. The number of hydrogen-bond acceptors (Lipinski definition) is 5. The van der Waals surface area contributed by atoms with Crippen molar-refractivity contribution in [3.8, 4) is 0 Å². The molecule has 0 aromatic carbocycles. The third-order valence-corrected chi connectivity index (χ3v) is 5.08. The van der Waals surface area contributed by atoms with E-state index in [0.717, 1.165) is 32.7 Å². The van der Waals surface area contributed by atoms with E-state index < -0.39 is 8.80 Å². The van der Waals surface area contributed by atoms with Crippen LogP contribution in [0.2, 0.25) is 6.55 Å². The van der Waals surface area contributed by atoms with Crippen LogP contribution in [0.5, 0.6) is 0 Å². The molecule has 1 fully saturated rings. The highest BCUT2D eigenvalue weighted by molar-refractivity contribution is 6.59. The summed E-state index contributed by atoms with van der Waals surface area (Å²) in [5.74, 6) is 0. The summed E-state index contributed by atoms with van der Waals surface area (Å²) in [7, 11) is 0.855. The van der Waals surface area contributed by atoms with Gasteiger partial charge in [-0.3, -0.25) is 0 Å². The molecule has 1 rings (SSSR count). The molecule has 1 heterocycles. The highest BCUT2D eigenvalue weighted by Crippen LogP contribution is 2.13. The van der Waals surface area contributed by atoms with Crippen LogP contribution in [0.3, 0.4) is 0 Å². The molecule has 2 atom stereocenters. The highest BCUT2D eigenvalue weighted by atomic mass is 28.4. The third-order valence-electron chi connectivity index (χ3n) is 2.76. The first-order chi connectivity index (χ1) is 8.09. The second-order valence-electron chi connectivity index (χ2n) is 4.37. The van der Waals surface area contributed by atoms with Gasteiger partial charge in [-0.15, -0.1) is 0 Å². The fourth-order valence-electron chi connectivity index (χ4n) is 1.46. The fourth-order valence-corrected chi connectivity index (χ4v) is 2.66. The first-order valence-electron chi connectivity index (χ1n) is 6.07. The van der Waals surface area contributed by atoms with Gasteiger partial charge in [0.05, 0.1) is 13.2 Å². The van der Waals surface area contributed by atoms with Gasteiger partial charge in [-0.05, 0) is 19.8 Å². The Morgan fingerprint density at radius 3 is 2.53 bits per heavy atom. The Bertz CT molecular complexity index is 206. The van der Waals surface area contributed by atoms with E-state index in [1.807, 2.05) is 13.5 Å².